The lowest BCUT2D eigenvalue weighted by Crippen LogP contribution is -2.19. The van der Waals surface area contributed by atoms with Gasteiger partial charge in [-0.2, -0.15) is 0 Å². The minimum Gasteiger partial charge on any atom is -0.410 e. The second-order valence-electron chi connectivity index (χ2n) is 4.73. The number of nitrogens with one attached hydrogen (secondary N) is 2. The van der Waals surface area contributed by atoms with Crippen molar-refractivity contribution < 1.29 is 9.53 Å². The van der Waals surface area contributed by atoms with E-state index < -0.39 is 6.09 Å². The second-order valence-corrected chi connectivity index (χ2v) is 4.73. The van der Waals surface area contributed by atoms with Crippen LogP contribution in [-0.2, 0) is 0 Å². The molecule has 0 heterocycles. The first-order valence-electron chi connectivity index (χ1n) is 7.06. The molecule has 0 aromatic heterocycles. The van der Waals surface area contributed by atoms with Gasteiger partial charge in [-0.15, -0.1) is 0 Å². The Kier molecular flexibility index (Phi) is 5.35. The number of amides is 1. The normalized spacial score (nSPS) is 11.7. The van der Waals surface area contributed by atoms with E-state index in [0.717, 1.165) is 17.8 Å². The van der Waals surface area contributed by atoms with Crippen molar-refractivity contribution >= 4 is 11.8 Å². The number of para-hydroxylation sites is 1. The van der Waals surface area contributed by atoms with Crippen molar-refractivity contribution in [2.45, 2.75) is 19.9 Å². The largest absolute Gasteiger partial charge is 0.417 e. The first-order chi connectivity index (χ1) is 10.2. The fourth-order valence-electron chi connectivity index (χ4n) is 2.05. The summed E-state index contributed by atoms with van der Waals surface area (Å²) < 4.78 is 5.20. The average Bonchev–Trinajstić information content (AvgIpc) is 2.48. The molecule has 4 nitrogen and oxygen atoms in total. The smallest absolute Gasteiger partial charge is 0.410 e. The Morgan fingerprint density at radius 3 is 2.62 bits per heavy atom. The summed E-state index contributed by atoms with van der Waals surface area (Å²) in [6.07, 6.45) is -0.491. The van der Waals surface area contributed by atoms with E-state index in [4.69, 9.17) is 4.74 Å². The highest BCUT2D eigenvalue weighted by molar-refractivity contribution is 5.86. The molecule has 0 spiro atoms. The molecule has 1 amide bonds. The molecular weight excluding hydrogens is 264 g/mol. The van der Waals surface area contributed by atoms with Gasteiger partial charge in [0.15, 0.2) is 0 Å². The molecule has 21 heavy (non-hydrogen) atoms. The number of ether oxygens (including phenoxy) is 1. The molecule has 0 radical (unpaired) electrons. The molecule has 2 N–H and O–H groups in total. The predicted molar refractivity (Wildman–Crippen MR) is 84.6 cm³/mol. The van der Waals surface area contributed by atoms with Gasteiger partial charge in [0.1, 0.15) is 5.75 Å². The highest BCUT2D eigenvalue weighted by atomic mass is 16.6. The number of carbonyl (C=O) groups excluding carboxylic acids is 1. The molecule has 0 saturated heterocycles. The van der Waals surface area contributed by atoms with E-state index in [1.54, 1.807) is 12.1 Å². The lowest BCUT2D eigenvalue weighted by molar-refractivity contribution is 0.215. The summed E-state index contributed by atoms with van der Waals surface area (Å²) in [5.74, 6) is 0.521. The minimum atomic E-state index is -0.491. The number of rotatable bonds is 5. The van der Waals surface area contributed by atoms with Gasteiger partial charge in [0.05, 0.1) is 0 Å². The second kappa shape index (κ2) is 7.45. The van der Waals surface area contributed by atoms with Gasteiger partial charge in [-0.3, -0.25) is 5.32 Å². The highest BCUT2D eigenvalue weighted by Gasteiger charge is 2.07. The summed E-state index contributed by atoms with van der Waals surface area (Å²) in [5, 5.41) is 6.08. The molecular formula is C17H20N2O2. The van der Waals surface area contributed by atoms with Gasteiger partial charge in [-0.05, 0) is 43.3 Å². The Morgan fingerprint density at radius 2 is 1.90 bits per heavy atom. The number of hydrogen-bond donors (Lipinski definition) is 2. The summed E-state index contributed by atoms with van der Waals surface area (Å²) >= 11 is 0. The summed E-state index contributed by atoms with van der Waals surface area (Å²) in [6.45, 7) is 5.05. The first-order valence-corrected chi connectivity index (χ1v) is 7.06. The standard InChI is InChI=1S/C17H20N2O2/c1-3-18-13(2)14-8-7-9-15(12-14)19-17(20)21-16-10-5-4-6-11-16/h4-13,18H,3H2,1-2H3,(H,19,20). The summed E-state index contributed by atoms with van der Waals surface area (Å²) in [7, 11) is 0. The monoisotopic (exact) mass is 284 g/mol. The van der Waals surface area contributed by atoms with Crippen molar-refractivity contribution in [1.82, 2.24) is 5.32 Å². The van der Waals surface area contributed by atoms with Gasteiger partial charge in [-0.25, -0.2) is 4.79 Å². The minimum absolute atomic E-state index is 0.238. The predicted octanol–water partition coefficient (Wildman–Crippen LogP) is 3.97. The van der Waals surface area contributed by atoms with Gasteiger partial charge in [0.2, 0.25) is 0 Å². The Morgan fingerprint density at radius 1 is 1.14 bits per heavy atom. The van der Waals surface area contributed by atoms with Crippen LogP contribution in [-0.4, -0.2) is 12.6 Å². The van der Waals surface area contributed by atoms with Crippen LogP contribution in [0.1, 0.15) is 25.5 Å². The molecule has 2 aromatic carbocycles. The van der Waals surface area contributed by atoms with E-state index in [0.29, 0.717) is 5.75 Å². The SMILES string of the molecule is CCNC(C)c1cccc(NC(=O)Oc2ccccc2)c1. The van der Waals surface area contributed by atoms with Crippen molar-refractivity contribution in [3.63, 3.8) is 0 Å². The van der Waals surface area contributed by atoms with Crippen LogP contribution in [0.25, 0.3) is 0 Å². The van der Waals surface area contributed by atoms with E-state index in [-0.39, 0.29) is 6.04 Å². The number of benzene rings is 2. The van der Waals surface area contributed by atoms with E-state index in [9.17, 15) is 4.79 Å². The van der Waals surface area contributed by atoms with Gasteiger partial charge >= 0.3 is 6.09 Å². The van der Waals surface area contributed by atoms with Crippen LogP contribution < -0.4 is 15.4 Å². The van der Waals surface area contributed by atoms with E-state index in [2.05, 4.69) is 24.5 Å². The molecule has 0 fully saturated rings. The molecule has 2 rings (SSSR count). The zero-order valence-corrected chi connectivity index (χ0v) is 12.3. The van der Waals surface area contributed by atoms with Crippen LogP contribution in [0.15, 0.2) is 54.6 Å². The van der Waals surface area contributed by atoms with Crippen LogP contribution in [0, 0.1) is 0 Å². The quantitative estimate of drug-likeness (QED) is 0.873. The van der Waals surface area contributed by atoms with Crippen LogP contribution in [0.2, 0.25) is 0 Å². The topological polar surface area (TPSA) is 50.4 Å². The third-order valence-electron chi connectivity index (χ3n) is 3.10. The number of anilines is 1. The molecule has 4 heteroatoms. The molecule has 1 atom stereocenters. The summed E-state index contributed by atoms with van der Waals surface area (Å²) in [6, 6.07) is 17.0. The molecule has 0 saturated carbocycles. The Labute approximate surface area is 125 Å². The Balaban J connectivity index is 1.99. The van der Waals surface area contributed by atoms with Crippen LogP contribution in [0.4, 0.5) is 10.5 Å². The van der Waals surface area contributed by atoms with Gasteiger partial charge in [0, 0.05) is 11.7 Å². The fourth-order valence-corrected chi connectivity index (χ4v) is 2.05. The number of carbonyl (C=O) groups is 1. The molecule has 0 aliphatic heterocycles. The van der Waals surface area contributed by atoms with Crippen LogP contribution in [0.5, 0.6) is 5.75 Å². The average molecular weight is 284 g/mol. The van der Waals surface area contributed by atoms with E-state index in [1.807, 2.05) is 42.5 Å². The van der Waals surface area contributed by atoms with Gasteiger partial charge < -0.3 is 10.1 Å². The first kappa shape index (κ1) is 15.1. The summed E-state index contributed by atoms with van der Waals surface area (Å²) in [5.41, 5.74) is 1.84. The van der Waals surface area contributed by atoms with Gasteiger partial charge in [0.25, 0.3) is 0 Å². The lowest BCUT2D eigenvalue weighted by atomic mass is 10.1. The van der Waals surface area contributed by atoms with E-state index >= 15 is 0 Å². The maximum absolute atomic E-state index is 11.8. The molecule has 1 unspecified atom stereocenters. The third-order valence-corrected chi connectivity index (χ3v) is 3.10. The zero-order chi connectivity index (χ0) is 15.1. The molecule has 110 valence electrons. The molecule has 0 bridgehead atoms. The van der Waals surface area contributed by atoms with E-state index in [1.165, 1.54) is 0 Å². The van der Waals surface area contributed by atoms with Crippen molar-refractivity contribution in [2.75, 3.05) is 11.9 Å². The Hall–Kier alpha value is -2.33. The third kappa shape index (κ3) is 4.61. The maximum Gasteiger partial charge on any atom is 0.417 e. The molecule has 2 aromatic rings. The van der Waals surface area contributed by atoms with Crippen molar-refractivity contribution in [1.29, 1.82) is 0 Å². The molecule has 0 aliphatic carbocycles. The summed E-state index contributed by atoms with van der Waals surface area (Å²) in [4.78, 5) is 11.8. The van der Waals surface area contributed by atoms with Gasteiger partial charge in [-0.1, -0.05) is 37.3 Å². The zero-order valence-electron chi connectivity index (χ0n) is 12.3. The van der Waals surface area contributed by atoms with Crippen molar-refractivity contribution in [2.24, 2.45) is 0 Å². The fraction of sp³-hybridized carbons (Fsp3) is 0.235. The van der Waals surface area contributed by atoms with Crippen molar-refractivity contribution in [3.05, 3.63) is 60.2 Å². The Bertz CT molecular complexity index is 584. The van der Waals surface area contributed by atoms with Crippen LogP contribution in [0.3, 0.4) is 0 Å². The number of hydrogen-bond acceptors (Lipinski definition) is 3. The lowest BCUT2D eigenvalue weighted by Gasteiger charge is -2.14. The van der Waals surface area contributed by atoms with Crippen LogP contribution >= 0.6 is 0 Å². The maximum atomic E-state index is 11.8. The highest BCUT2D eigenvalue weighted by Crippen LogP contribution is 2.18. The molecule has 0 aliphatic rings. The van der Waals surface area contributed by atoms with Crippen molar-refractivity contribution in [3.8, 4) is 5.75 Å².